The highest BCUT2D eigenvalue weighted by Gasteiger charge is 2.39. The minimum Gasteiger partial charge on any atom is -0.382 e. The number of aliphatic hydroxyl groups is 1. The molecule has 2 N–H and O–H groups in total. The summed E-state index contributed by atoms with van der Waals surface area (Å²) in [6.45, 7) is 0.240. The molecule has 4 heterocycles. The molecule has 0 radical (unpaired) electrons. The molecule has 5 rings (SSSR count). The Kier molecular flexibility index (Phi) is 7.86. The molecule has 1 aromatic carbocycles. The number of anilines is 1. The fraction of sp³-hybridized carbons (Fsp3) is 0.250. The molecular formula is C24H21ClF3N11O3. The van der Waals surface area contributed by atoms with E-state index < -0.39 is 36.5 Å². The first kappa shape index (κ1) is 28.6. The van der Waals surface area contributed by atoms with Crippen molar-refractivity contribution in [2.45, 2.75) is 38.3 Å². The van der Waals surface area contributed by atoms with Crippen LogP contribution in [0.3, 0.4) is 0 Å². The van der Waals surface area contributed by atoms with Crippen molar-refractivity contribution in [3.05, 3.63) is 82.9 Å². The number of halogens is 4. The summed E-state index contributed by atoms with van der Waals surface area (Å²) in [6, 6.07) is 8.50. The van der Waals surface area contributed by atoms with Gasteiger partial charge in [0.2, 0.25) is 5.91 Å². The number of carbonyl (C=O) groups is 1. The standard InChI is InChI=1S/C24H21ClF3N11O3/c1-14(38-12-29-11-32-38)22(41)33-20-17(3-2-8-30-20)39-13-31-19(34-39)10-37-23(42)36(9-18(40)24(26,27)28)21(35-37)15-4-6-16(25)7-5-15/h2-8,11-14,18,40H,9-10H2,1H3,(H,30,33,41)/t14?,18-/m0/s1. The number of aromatic nitrogens is 10. The van der Waals surface area contributed by atoms with Crippen molar-refractivity contribution in [3.63, 3.8) is 0 Å². The van der Waals surface area contributed by atoms with Gasteiger partial charge in [0.05, 0.1) is 6.54 Å². The van der Waals surface area contributed by atoms with E-state index in [1.165, 1.54) is 58.8 Å². The molecule has 18 heteroatoms. The zero-order valence-electron chi connectivity index (χ0n) is 21.6. The summed E-state index contributed by atoms with van der Waals surface area (Å²) < 4.78 is 43.7. The molecule has 0 fully saturated rings. The Bertz CT molecular complexity index is 1750. The summed E-state index contributed by atoms with van der Waals surface area (Å²) in [5.41, 5.74) is -0.265. The van der Waals surface area contributed by atoms with Crippen LogP contribution in [-0.4, -0.2) is 72.2 Å². The van der Waals surface area contributed by atoms with Crippen molar-refractivity contribution < 1.29 is 23.1 Å². The number of hydrogen-bond acceptors (Lipinski definition) is 9. The zero-order valence-corrected chi connectivity index (χ0v) is 22.3. The van der Waals surface area contributed by atoms with Crippen LogP contribution >= 0.6 is 11.6 Å². The Hall–Kier alpha value is -4.90. The van der Waals surface area contributed by atoms with Gasteiger partial charge in [-0.15, -0.1) is 10.2 Å². The fourth-order valence-electron chi connectivity index (χ4n) is 3.85. The Balaban J connectivity index is 1.42. The smallest absolute Gasteiger partial charge is 0.382 e. The highest BCUT2D eigenvalue weighted by molar-refractivity contribution is 6.30. The minimum absolute atomic E-state index is 0.0814. The summed E-state index contributed by atoms with van der Waals surface area (Å²) in [6.07, 6.45) is -2.27. The molecule has 0 aliphatic rings. The lowest BCUT2D eigenvalue weighted by atomic mass is 10.2. The highest BCUT2D eigenvalue weighted by atomic mass is 35.5. The van der Waals surface area contributed by atoms with Gasteiger partial charge in [0, 0.05) is 16.8 Å². The second-order valence-corrected chi connectivity index (χ2v) is 9.39. The molecular weight excluding hydrogens is 583 g/mol. The first-order valence-corrected chi connectivity index (χ1v) is 12.6. The van der Waals surface area contributed by atoms with Crippen molar-refractivity contribution in [2.75, 3.05) is 5.32 Å². The van der Waals surface area contributed by atoms with E-state index in [9.17, 15) is 27.9 Å². The maximum atomic E-state index is 13.1. The second-order valence-electron chi connectivity index (χ2n) is 8.96. The van der Waals surface area contributed by atoms with E-state index in [4.69, 9.17) is 11.6 Å². The van der Waals surface area contributed by atoms with Gasteiger partial charge in [0.25, 0.3) is 0 Å². The summed E-state index contributed by atoms with van der Waals surface area (Å²) in [4.78, 5) is 38.1. The van der Waals surface area contributed by atoms with Gasteiger partial charge >= 0.3 is 11.9 Å². The number of aliphatic hydroxyl groups excluding tert-OH is 1. The molecule has 4 aromatic heterocycles. The van der Waals surface area contributed by atoms with Crippen LogP contribution in [0.4, 0.5) is 19.0 Å². The highest BCUT2D eigenvalue weighted by Crippen LogP contribution is 2.24. The lowest BCUT2D eigenvalue weighted by Crippen LogP contribution is -2.37. The van der Waals surface area contributed by atoms with Gasteiger partial charge in [-0.3, -0.25) is 9.36 Å². The van der Waals surface area contributed by atoms with Crippen LogP contribution < -0.4 is 11.0 Å². The molecule has 1 amide bonds. The summed E-state index contributed by atoms with van der Waals surface area (Å²) in [7, 11) is 0. The van der Waals surface area contributed by atoms with E-state index in [1.54, 1.807) is 19.1 Å². The lowest BCUT2D eigenvalue weighted by Gasteiger charge is -2.15. The van der Waals surface area contributed by atoms with Gasteiger partial charge in [0.1, 0.15) is 37.3 Å². The van der Waals surface area contributed by atoms with E-state index in [2.05, 4.69) is 35.6 Å². The Morgan fingerprint density at radius 1 is 1.12 bits per heavy atom. The number of nitrogens with one attached hydrogen (secondary N) is 1. The van der Waals surface area contributed by atoms with Gasteiger partial charge < -0.3 is 10.4 Å². The molecule has 0 saturated heterocycles. The van der Waals surface area contributed by atoms with Crippen LogP contribution in [0.2, 0.25) is 5.02 Å². The maximum absolute atomic E-state index is 13.1. The number of nitrogens with zero attached hydrogens (tertiary/aromatic N) is 10. The molecule has 0 bridgehead atoms. The van der Waals surface area contributed by atoms with Crippen LogP contribution in [0.5, 0.6) is 0 Å². The molecule has 218 valence electrons. The first-order chi connectivity index (χ1) is 20.0. The molecule has 5 aromatic rings. The van der Waals surface area contributed by atoms with E-state index in [0.717, 1.165) is 9.25 Å². The van der Waals surface area contributed by atoms with Crippen molar-refractivity contribution in [2.24, 2.45) is 0 Å². The molecule has 1 unspecified atom stereocenters. The van der Waals surface area contributed by atoms with E-state index in [-0.39, 0.29) is 24.0 Å². The predicted octanol–water partition coefficient (Wildman–Crippen LogP) is 2.10. The topological polar surface area (TPSA) is 163 Å². The molecule has 14 nitrogen and oxygen atoms in total. The fourth-order valence-corrected chi connectivity index (χ4v) is 3.98. The SMILES string of the molecule is CC(C(=O)Nc1ncccc1-n1cnc(Cn2nc(-c3ccc(Cl)cc3)n(C[C@H](O)C(F)(F)F)c2=O)n1)n1cncn1. The van der Waals surface area contributed by atoms with Crippen LogP contribution in [0.1, 0.15) is 18.8 Å². The monoisotopic (exact) mass is 603 g/mol. The Morgan fingerprint density at radius 2 is 1.88 bits per heavy atom. The Morgan fingerprint density at radius 3 is 2.57 bits per heavy atom. The maximum Gasteiger partial charge on any atom is 0.416 e. The van der Waals surface area contributed by atoms with Gasteiger partial charge in [-0.25, -0.2) is 33.8 Å². The lowest BCUT2D eigenvalue weighted by molar-refractivity contribution is -0.207. The van der Waals surface area contributed by atoms with Gasteiger partial charge in [-0.2, -0.15) is 18.3 Å². The van der Waals surface area contributed by atoms with E-state index >= 15 is 0 Å². The summed E-state index contributed by atoms with van der Waals surface area (Å²) in [5.74, 6) is -0.289. The Labute approximate surface area is 239 Å². The third-order valence-electron chi connectivity index (χ3n) is 6.08. The largest absolute Gasteiger partial charge is 0.416 e. The van der Waals surface area contributed by atoms with Crippen molar-refractivity contribution in [1.29, 1.82) is 0 Å². The van der Waals surface area contributed by atoms with Gasteiger partial charge in [-0.1, -0.05) is 11.6 Å². The predicted molar refractivity (Wildman–Crippen MR) is 141 cm³/mol. The summed E-state index contributed by atoms with van der Waals surface area (Å²) in [5, 5.41) is 25.2. The van der Waals surface area contributed by atoms with Gasteiger partial charge in [-0.05, 0) is 43.3 Å². The zero-order chi connectivity index (χ0) is 30.0. The number of alkyl halides is 3. The van der Waals surface area contributed by atoms with Crippen LogP contribution in [0.25, 0.3) is 17.1 Å². The van der Waals surface area contributed by atoms with Crippen molar-refractivity contribution in [1.82, 2.24) is 48.9 Å². The number of rotatable bonds is 9. The number of hydrogen-bond donors (Lipinski definition) is 2. The number of amides is 1. The van der Waals surface area contributed by atoms with Crippen LogP contribution in [-0.2, 0) is 17.9 Å². The number of carbonyl (C=O) groups excluding carboxylic acids is 1. The average Bonchev–Trinajstić information content (AvgIpc) is 3.72. The van der Waals surface area contributed by atoms with Crippen LogP contribution in [0.15, 0.2) is 66.4 Å². The normalized spacial score (nSPS) is 13.2. The molecule has 0 spiro atoms. The van der Waals surface area contributed by atoms with Crippen molar-refractivity contribution in [3.8, 4) is 17.1 Å². The average molecular weight is 604 g/mol. The third-order valence-corrected chi connectivity index (χ3v) is 6.33. The third kappa shape index (κ3) is 6.06. The summed E-state index contributed by atoms with van der Waals surface area (Å²) >= 11 is 5.92. The van der Waals surface area contributed by atoms with Crippen LogP contribution in [0, 0.1) is 0 Å². The molecule has 42 heavy (non-hydrogen) atoms. The van der Waals surface area contributed by atoms with Gasteiger partial charge in [0.15, 0.2) is 23.6 Å². The number of benzene rings is 1. The van der Waals surface area contributed by atoms with E-state index in [0.29, 0.717) is 16.3 Å². The van der Waals surface area contributed by atoms with E-state index in [1.807, 2.05) is 0 Å². The molecule has 2 atom stereocenters. The quantitative estimate of drug-likeness (QED) is 0.257. The first-order valence-electron chi connectivity index (χ1n) is 12.2. The second kappa shape index (κ2) is 11.5. The molecule has 0 aliphatic heterocycles. The minimum atomic E-state index is -4.96. The molecule has 0 saturated carbocycles. The van der Waals surface area contributed by atoms with Crippen molar-refractivity contribution >= 4 is 23.3 Å². The molecule has 0 aliphatic carbocycles. The number of pyridine rings is 1.